The average Bonchev–Trinajstić information content (AvgIpc) is 2.89. The normalized spacial score (nSPS) is 48.3. The largest absolute Gasteiger partial charge is 0.481 e. The zero-order valence-corrected chi connectivity index (χ0v) is 18.5. The monoisotopic (exact) mass is 450 g/mol. The number of ketones is 2. The molecule has 4 N–H and O–H groups in total. The van der Waals surface area contributed by atoms with Crippen LogP contribution in [0.15, 0.2) is 23.8 Å². The van der Waals surface area contributed by atoms with Crippen LogP contribution in [0, 0.1) is 34.5 Å². The molecule has 0 aromatic carbocycles. The zero-order chi connectivity index (χ0) is 23.8. The van der Waals surface area contributed by atoms with Gasteiger partial charge >= 0.3 is 5.97 Å². The van der Waals surface area contributed by atoms with E-state index >= 15 is 4.39 Å². The predicted octanol–water partition coefficient (Wildman–Crippen LogP) is 1.59. The molecule has 7 nitrogen and oxygen atoms in total. The first kappa shape index (κ1) is 23.3. The van der Waals surface area contributed by atoms with Crippen LogP contribution in [-0.4, -0.2) is 61.9 Å². The van der Waals surface area contributed by atoms with Crippen LogP contribution < -0.4 is 0 Å². The lowest BCUT2D eigenvalue weighted by atomic mass is 9.45. The lowest BCUT2D eigenvalue weighted by Crippen LogP contribution is -2.64. The lowest BCUT2D eigenvalue weighted by molar-refractivity contribution is -0.190. The number of carbonyl (C=O) groups is 3. The Morgan fingerprint density at radius 2 is 1.94 bits per heavy atom. The molecule has 4 rings (SSSR count). The van der Waals surface area contributed by atoms with Gasteiger partial charge in [-0.2, -0.15) is 0 Å². The molecule has 0 aliphatic heterocycles. The van der Waals surface area contributed by atoms with Crippen molar-refractivity contribution in [3.63, 3.8) is 0 Å². The third kappa shape index (κ3) is 2.92. The molecular weight excluding hydrogens is 419 g/mol. The Bertz CT molecular complexity index is 927. The second-order valence-corrected chi connectivity index (χ2v) is 10.7. The number of Topliss-reactive ketones (excluding diaryl/α,β-unsaturated/α-hetero) is 1. The van der Waals surface area contributed by atoms with Crippen molar-refractivity contribution in [2.45, 2.75) is 70.4 Å². The standard InChI is InChI=1S/C24H31FO7/c1-11-6-14-13-8-16(25)15-7-12(26)4-5-22(15,2)20(13)18(28)10-23(14,3)24(11,32)21(31)17(27)9-19(29)30/h4-5,7,11,13-14,16-18,20,27-28,32H,6,8-10H2,1-3H3,(H,29,30)/t11-,13+,14+,16+,17?,18+,20-,22+,23+,24+/m1/s1. The van der Waals surface area contributed by atoms with Crippen LogP contribution in [0.1, 0.15) is 46.5 Å². The van der Waals surface area contributed by atoms with Gasteiger partial charge in [0.25, 0.3) is 0 Å². The van der Waals surface area contributed by atoms with Gasteiger partial charge in [0.2, 0.25) is 0 Å². The first-order valence-corrected chi connectivity index (χ1v) is 11.2. The van der Waals surface area contributed by atoms with E-state index in [1.165, 1.54) is 12.2 Å². The van der Waals surface area contributed by atoms with Crippen molar-refractivity contribution < 1.29 is 39.2 Å². The van der Waals surface area contributed by atoms with Crippen molar-refractivity contribution in [3.05, 3.63) is 23.8 Å². The Morgan fingerprint density at radius 3 is 2.56 bits per heavy atom. The molecule has 0 bridgehead atoms. The fourth-order valence-electron chi connectivity index (χ4n) is 7.71. The molecular formula is C24H31FO7. The van der Waals surface area contributed by atoms with Crippen molar-refractivity contribution >= 4 is 17.5 Å². The third-order valence-corrected chi connectivity index (χ3v) is 9.10. The minimum atomic E-state index is -2.04. The molecule has 0 aromatic heterocycles. The van der Waals surface area contributed by atoms with E-state index in [4.69, 9.17) is 5.11 Å². The van der Waals surface area contributed by atoms with Gasteiger partial charge < -0.3 is 20.4 Å². The van der Waals surface area contributed by atoms with Crippen LogP contribution in [0.2, 0.25) is 0 Å². The van der Waals surface area contributed by atoms with Crippen LogP contribution in [0.25, 0.3) is 0 Å². The van der Waals surface area contributed by atoms with Crippen molar-refractivity contribution in [1.82, 2.24) is 0 Å². The van der Waals surface area contributed by atoms with Gasteiger partial charge in [0.1, 0.15) is 17.9 Å². The highest BCUT2D eigenvalue weighted by atomic mass is 19.1. The fraction of sp³-hybridized carbons (Fsp3) is 0.708. The molecule has 176 valence electrons. The summed E-state index contributed by atoms with van der Waals surface area (Å²) in [5.74, 6) is -4.27. The maximum absolute atomic E-state index is 15.4. The van der Waals surface area contributed by atoms with Crippen LogP contribution in [-0.2, 0) is 14.4 Å². The summed E-state index contributed by atoms with van der Waals surface area (Å²) in [5, 5.41) is 42.2. The molecule has 0 aromatic rings. The van der Waals surface area contributed by atoms with E-state index in [2.05, 4.69) is 0 Å². The van der Waals surface area contributed by atoms with E-state index in [0.29, 0.717) is 12.0 Å². The van der Waals surface area contributed by atoms with Gasteiger partial charge in [0, 0.05) is 16.7 Å². The van der Waals surface area contributed by atoms with E-state index < -0.39 is 64.8 Å². The summed E-state index contributed by atoms with van der Waals surface area (Å²) in [6.07, 6.45) is -0.164. The van der Waals surface area contributed by atoms with Crippen molar-refractivity contribution in [3.8, 4) is 0 Å². The van der Waals surface area contributed by atoms with Gasteiger partial charge in [-0.15, -0.1) is 0 Å². The number of alkyl halides is 1. The van der Waals surface area contributed by atoms with E-state index in [1.54, 1.807) is 19.9 Å². The number of fused-ring (bicyclic) bond motifs is 5. The van der Waals surface area contributed by atoms with Crippen LogP contribution in [0.5, 0.6) is 0 Å². The number of aliphatic carboxylic acids is 1. The zero-order valence-electron chi connectivity index (χ0n) is 18.5. The van der Waals surface area contributed by atoms with Crippen LogP contribution in [0.4, 0.5) is 4.39 Å². The lowest BCUT2D eigenvalue weighted by Gasteiger charge is -2.60. The van der Waals surface area contributed by atoms with E-state index in [9.17, 15) is 29.7 Å². The number of hydrogen-bond donors (Lipinski definition) is 4. The molecule has 32 heavy (non-hydrogen) atoms. The maximum atomic E-state index is 15.4. The second kappa shape index (κ2) is 7.30. The summed E-state index contributed by atoms with van der Waals surface area (Å²) in [4.78, 5) is 36.1. The molecule has 0 radical (unpaired) electrons. The van der Waals surface area contributed by atoms with Gasteiger partial charge in [-0.3, -0.25) is 14.4 Å². The highest BCUT2D eigenvalue weighted by Crippen LogP contribution is 2.68. The quantitative estimate of drug-likeness (QED) is 0.511. The molecule has 0 spiro atoms. The number of carboxylic acid groups (broad SMARTS) is 1. The minimum absolute atomic E-state index is 0.0484. The Hall–Kier alpha value is -1.90. The molecule has 0 saturated heterocycles. The van der Waals surface area contributed by atoms with Crippen molar-refractivity contribution in [2.75, 3.05) is 0 Å². The number of hydrogen-bond acceptors (Lipinski definition) is 6. The number of allylic oxidation sites excluding steroid dienone is 4. The molecule has 10 atom stereocenters. The third-order valence-electron chi connectivity index (χ3n) is 9.10. The Balaban J connectivity index is 1.75. The molecule has 4 aliphatic carbocycles. The maximum Gasteiger partial charge on any atom is 0.306 e. The van der Waals surface area contributed by atoms with Crippen LogP contribution in [0.3, 0.4) is 0 Å². The van der Waals surface area contributed by atoms with Gasteiger partial charge in [0.15, 0.2) is 11.6 Å². The first-order chi connectivity index (χ1) is 14.8. The smallest absolute Gasteiger partial charge is 0.306 e. The summed E-state index contributed by atoms with van der Waals surface area (Å²) in [7, 11) is 0. The van der Waals surface area contributed by atoms with Crippen molar-refractivity contribution in [2.24, 2.45) is 34.5 Å². The molecule has 1 unspecified atom stereocenters. The number of halogens is 1. The molecule has 8 heteroatoms. The number of aliphatic hydroxyl groups excluding tert-OH is 2. The SMILES string of the molecule is C[C@@H]1C[C@H]2[C@@H]3C[C@H](F)C4=CC(=O)C=C[C@]4(C)[C@H]3[C@@H](O)C[C@]2(C)[C@@]1(O)C(=O)C(O)CC(=O)O. The summed E-state index contributed by atoms with van der Waals surface area (Å²) in [6, 6.07) is 0. The van der Waals surface area contributed by atoms with Gasteiger partial charge in [-0.05, 0) is 54.7 Å². The summed E-state index contributed by atoms with van der Waals surface area (Å²) in [6.45, 7) is 5.19. The molecule has 3 fully saturated rings. The first-order valence-electron chi connectivity index (χ1n) is 11.2. The summed E-state index contributed by atoms with van der Waals surface area (Å²) in [5.41, 5.74) is -3.69. The minimum Gasteiger partial charge on any atom is -0.481 e. The predicted molar refractivity (Wildman–Crippen MR) is 111 cm³/mol. The topological polar surface area (TPSA) is 132 Å². The summed E-state index contributed by atoms with van der Waals surface area (Å²) >= 11 is 0. The summed E-state index contributed by atoms with van der Waals surface area (Å²) < 4.78 is 15.4. The number of carboxylic acids is 1. The average molecular weight is 451 g/mol. The van der Waals surface area contributed by atoms with E-state index in [1.807, 2.05) is 6.92 Å². The van der Waals surface area contributed by atoms with E-state index in [0.717, 1.165) is 0 Å². The molecule has 3 saturated carbocycles. The van der Waals surface area contributed by atoms with Gasteiger partial charge in [-0.25, -0.2) is 4.39 Å². The van der Waals surface area contributed by atoms with Crippen molar-refractivity contribution in [1.29, 1.82) is 0 Å². The number of carbonyl (C=O) groups excluding carboxylic acids is 2. The Labute approximate surface area is 186 Å². The molecule has 0 heterocycles. The van der Waals surface area contributed by atoms with Crippen LogP contribution >= 0.6 is 0 Å². The number of rotatable bonds is 4. The van der Waals surface area contributed by atoms with E-state index in [-0.39, 0.29) is 30.5 Å². The fourth-order valence-corrected chi connectivity index (χ4v) is 7.71. The highest BCUT2D eigenvalue weighted by Gasteiger charge is 2.71. The Kier molecular flexibility index (Phi) is 5.31. The Morgan fingerprint density at radius 1 is 1.28 bits per heavy atom. The van der Waals surface area contributed by atoms with Gasteiger partial charge in [-0.1, -0.05) is 26.8 Å². The van der Waals surface area contributed by atoms with Gasteiger partial charge in [0.05, 0.1) is 12.5 Å². The molecule has 0 amide bonds. The second-order valence-electron chi connectivity index (χ2n) is 10.7. The highest BCUT2D eigenvalue weighted by molar-refractivity contribution is 6.01. The molecule has 4 aliphatic rings. The number of aliphatic hydroxyl groups is 3.